The molecule has 1 fully saturated rings. The SMILES string of the molecule is NC(=O)c1ccc(CN2CCCCO2)c(N)c1. The standard InChI is InChI=1S/C12H17N3O2/c13-11-7-9(12(14)16)3-4-10(11)8-15-5-1-2-6-17-15/h3-4,7H,1-2,5-6,8,13H2,(H2,14,16). The Labute approximate surface area is 100 Å². The fraction of sp³-hybridized carbons (Fsp3) is 0.417. The number of amides is 1. The maximum absolute atomic E-state index is 11.0. The van der Waals surface area contributed by atoms with Gasteiger partial charge in [-0.05, 0) is 30.5 Å². The zero-order valence-electron chi connectivity index (χ0n) is 9.69. The molecule has 1 heterocycles. The van der Waals surface area contributed by atoms with E-state index in [1.54, 1.807) is 12.1 Å². The second kappa shape index (κ2) is 5.16. The van der Waals surface area contributed by atoms with Crippen LogP contribution in [-0.4, -0.2) is 24.1 Å². The van der Waals surface area contributed by atoms with Gasteiger partial charge in [0.05, 0.1) is 13.2 Å². The van der Waals surface area contributed by atoms with Gasteiger partial charge in [-0.1, -0.05) is 6.07 Å². The van der Waals surface area contributed by atoms with Crippen LogP contribution in [-0.2, 0) is 11.4 Å². The van der Waals surface area contributed by atoms with Gasteiger partial charge in [0, 0.05) is 17.8 Å². The molecule has 4 N–H and O–H groups in total. The first-order valence-electron chi connectivity index (χ1n) is 5.73. The molecule has 1 aromatic rings. The first-order valence-corrected chi connectivity index (χ1v) is 5.73. The maximum Gasteiger partial charge on any atom is 0.248 e. The van der Waals surface area contributed by atoms with Gasteiger partial charge in [-0.15, -0.1) is 0 Å². The Morgan fingerprint density at radius 1 is 1.41 bits per heavy atom. The Kier molecular flexibility index (Phi) is 3.61. The maximum atomic E-state index is 11.0. The number of carbonyl (C=O) groups is 1. The lowest BCUT2D eigenvalue weighted by Gasteiger charge is -2.26. The van der Waals surface area contributed by atoms with Crippen LogP contribution in [0.15, 0.2) is 18.2 Å². The van der Waals surface area contributed by atoms with Gasteiger partial charge in [0.1, 0.15) is 0 Å². The van der Waals surface area contributed by atoms with Gasteiger partial charge in [0.25, 0.3) is 0 Å². The van der Waals surface area contributed by atoms with E-state index in [-0.39, 0.29) is 0 Å². The largest absolute Gasteiger partial charge is 0.398 e. The van der Waals surface area contributed by atoms with Gasteiger partial charge in [0.2, 0.25) is 5.91 Å². The third-order valence-electron chi connectivity index (χ3n) is 2.85. The molecule has 1 aliphatic heterocycles. The number of benzene rings is 1. The number of nitrogens with zero attached hydrogens (tertiary/aromatic N) is 1. The van der Waals surface area contributed by atoms with Crippen molar-refractivity contribution < 1.29 is 9.63 Å². The number of rotatable bonds is 3. The lowest BCUT2D eigenvalue weighted by Crippen LogP contribution is -2.29. The molecule has 0 aliphatic carbocycles. The highest BCUT2D eigenvalue weighted by Crippen LogP contribution is 2.18. The average Bonchev–Trinajstić information content (AvgIpc) is 2.33. The normalized spacial score (nSPS) is 16.9. The molecule has 0 saturated carbocycles. The average molecular weight is 235 g/mol. The molecule has 1 amide bonds. The minimum Gasteiger partial charge on any atom is -0.398 e. The number of carbonyl (C=O) groups excluding carboxylic acids is 1. The van der Waals surface area contributed by atoms with Crippen molar-refractivity contribution in [2.45, 2.75) is 19.4 Å². The Hall–Kier alpha value is -1.59. The monoisotopic (exact) mass is 235 g/mol. The van der Waals surface area contributed by atoms with Crippen LogP contribution >= 0.6 is 0 Å². The summed E-state index contributed by atoms with van der Waals surface area (Å²) in [6.45, 7) is 2.32. The first-order chi connectivity index (χ1) is 8.16. The van der Waals surface area contributed by atoms with E-state index in [1.807, 2.05) is 11.1 Å². The van der Waals surface area contributed by atoms with Gasteiger partial charge in [0.15, 0.2) is 0 Å². The highest BCUT2D eigenvalue weighted by Gasteiger charge is 2.13. The van der Waals surface area contributed by atoms with E-state index in [4.69, 9.17) is 16.3 Å². The molecular weight excluding hydrogens is 218 g/mol. The smallest absolute Gasteiger partial charge is 0.248 e. The number of primary amides is 1. The Balaban J connectivity index is 2.08. The van der Waals surface area contributed by atoms with Crippen molar-refractivity contribution in [1.82, 2.24) is 5.06 Å². The number of nitrogens with two attached hydrogens (primary N) is 2. The first kappa shape index (κ1) is 11.9. The molecule has 1 aromatic carbocycles. The molecule has 17 heavy (non-hydrogen) atoms. The fourth-order valence-electron chi connectivity index (χ4n) is 1.86. The number of anilines is 1. The second-order valence-corrected chi connectivity index (χ2v) is 4.18. The van der Waals surface area contributed by atoms with Crippen molar-refractivity contribution in [3.8, 4) is 0 Å². The van der Waals surface area contributed by atoms with Crippen LogP contribution in [0.2, 0.25) is 0 Å². The fourth-order valence-corrected chi connectivity index (χ4v) is 1.86. The summed E-state index contributed by atoms with van der Waals surface area (Å²) in [7, 11) is 0. The molecular formula is C12H17N3O2. The lowest BCUT2D eigenvalue weighted by atomic mass is 10.1. The van der Waals surface area contributed by atoms with Crippen molar-refractivity contribution in [1.29, 1.82) is 0 Å². The molecule has 2 rings (SSSR count). The van der Waals surface area contributed by atoms with E-state index in [9.17, 15) is 4.79 Å². The van der Waals surface area contributed by atoms with Gasteiger partial charge in [-0.3, -0.25) is 9.63 Å². The minimum atomic E-state index is -0.461. The zero-order chi connectivity index (χ0) is 12.3. The number of nitrogen functional groups attached to an aromatic ring is 1. The van der Waals surface area contributed by atoms with Crippen LogP contribution in [0.3, 0.4) is 0 Å². The molecule has 0 unspecified atom stereocenters. The molecule has 5 nitrogen and oxygen atoms in total. The van der Waals surface area contributed by atoms with E-state index in [1.165, 1.54) is 0 Å². The van der Waals surface area contributed by atoms with Crippen LogP contribution in [0.25, 0.3) is 0 Å². The summed E-state index contributed by atoms with van der Waals surface area (Å²) in [5.41, 5.74) is 13.0. The minimum absolute atomic E-state index is 0.436. The van der Waals surface area contributed by atoms with Gasteiger partial charge < -0.3 is 11.5 Å². The molecule has 0 bridgehead atoms. The van der Waals surface area contributed by atoms with E-state index >= 15 is 0 Å². The summed E-state index contributed by atoms with van der Waals surface area (Å²) in [5.74, 6) is -0.461. The molecule has 0 aromatic heterocycles. The predicted molar refractivity (Wildman–Crippen MR) is 65.0 cm³/mol. The van der Waals surface area contributed by atoms with Crippen molar-refractivity contribution in [3.05, 3.63) is 29.3 Å². The predicted octanol–water partition coefficient (Wildman–Crippen LogP) is 0.895. The van der Waals surface area contributed by atoms with Crippen LogP contribution in [0.5, 0.6) is 0 Å². The molecule has 1 saturated heterocycles. The van der Waals surface area contributed by atoms with Gasteiger partial charge in [-0.2, -0.15) is 5.06 Å². The summed E-state index contributed by atoms with van der Waals surface area (Å²) >= 11 is 0. The van der Waals surface area contributed by atoms with Crippen LogP contribution < -0.4 is 11.5 Å². The quantitative estimate of drug-likeness (QED) is 0.762. The molecule has 0 spiro atoms. The Bertz CT molecular complexity index is 414. The molecule has 1 aliphatic rings. The number of hydroxylamine groups is 2. The number of hydrogen-bond acceptors (Lipinski definition) is 4. The molecule has 0 atom stereocenters. The van der Waals surface area contributed by atoms with Crippen molar-refractivity contribution >= 4 is 11.6 Å². The topological polar surface area (TPSA) is 81.6 Å². The van der Waals surface area contributed by atoms with Crippen LogP contribution in [0.4, 0.5) is 5.69 Å². The highest BCUT2D eigenvalue weighted by molar-refractivity contribution is 5.93. The summed E-state index contributed by atoms with van der Waals surface area (Å²) in [4.78, 5) is 16.5. The summed E-state index contributed by atoms with van der Waals surface area (Å²) in [6, 6.07) is 5.13. The van der Waals surface area contributed by atoms with Crippen molar-refractivity contribution in [3.63, 3.8) is 0 Å². The van der Waals surface area contributed by atoms with Crippen molar-refractivity contribution in [2.75, 3.05) is 18.9 Å². The third-order valence-corrected chi connectivity index (χ3v) is 2.85. The van der Waals surface area contributed by atoms with Gasteiger partial charge in [-0.25, -0.2) is 0 Å². The lowest BCUT2D eigenvalue weighted by molar-refractivity contribution is -0.187. The van der Waals surface area contributed by atoms with E-state index in [0.29, 0.717) is 17.8 Å². The third kappa shape index (κ3) is 2.95. The second-order valence-electron chi connectivity index (χ2n) is 4.18. The Morgan fingerprint density at radius 2 is 2.24 bits per heavy atom. The highest BCUT2D eigenvalue weighted by atomic mass is 16.7. The summed E-state index contributed by atoms with van der Waals surface area (Å²) in [6.07, 6.45) is 2.24. The van der Waals surface area contributed by atoms with E-state index in [0.717, 1.165) is 31.6 Å². The van der Waals surface area contributed by atoms with Crippen molar-refractivity contribution in [2.24, 2.45) is 5.73 Å². The molecule has 5 heteroatoms. The van der Waals surface area contributed by atoms with E-state index in [2.05, 4.69) is 0 Å². The van der Waals surface area contributed by atoms with Crippen LogP contribution in [0.1, 0.15) is 28.8 Å². The number of hydrogen-bond donors (Lipinski definition) is 2. The molecule has 92 valence electrons. The summed E-state index contributed by atoms with van der Waals surface area (Å²) in [5, 5.41) is 1.90. The summed E-state index contributed by atoms with van der Waals surface area (Å²) < 4.78 is 0. The van der Waals surface area contributed by atoms with Crippen LogP contribution in [0, 0.1) is 0 Å². The zero-order valence-corrected chi connectivity index (χ0v) is 9.69. The van der Waals surface area contributed by atoms with E-state index < -0.39 is 5.91 Å². The van der Waals surface area contributed by atoms with Gasteiger partial charge >= 0.3 is 0 Å². The Morgan fingerprint density at radius 3 is 2.82 bits per heavy atom. The molecule has 0 radical (unpaired) electrons.